The molecule has 1 saturated heterocycles. The average molecular weight is 387 g/mol. The van der Waals surface area contributed by atoms with E-state index in [9.17, 15) is 0 Å². The molecule has 0 radical (unpaired) electrons. The normalized spacial score (nSPS) is 17.0. The number of hydrogen-bond donors (Lipinski definition) is 1. The van der Waals surface area contributed by atoms with Crippen LogP contribution in [0.3, 0.4) is 0 Å². The highest BCUT2D eigenvalue weighted by Crippen LogP contribution is 2.34. The highest BCUT2D eigenvalue weighted by molar-refractivity contribution is 5.80. The van der Waals surface area contributed by atoms with Crippen LogP contribution >= 0.6 is 0 Å². The minimum Gasteiger partial charge on any atom is -0.496 e. The number of nitrogens with one attached hydrogen (secondary N) is 1. The largest absolute Gasteiger partial charge is 0.496 e. The molecule has 1 atom stereocenters. The molecule has 3 rings (SSSR count). The molecule has 152 valence electrons. The SMILES string of the molecule is CN=C(NCc1c(OC)cc(OC)cc1OC)N1CCC(c2cnn(C)c2)C1. The Balaban J connectivity index is 1.69. The molecule has 2 aromatic rings. The Morgan fingerprint density at radius 2 is 1.93 bits per heavy atom. The molecule has 1 aromatic carbocycles. The van der Waals surface area contributed by atoms with Crippen molar-refractivity contribution in [3.63, 3.8) is 0 Å². The molecule has 1 unspecified atom stereocenters. The number of aliphatic imine (C=N–C) groups is 1. The fourth-order valence-corrected chi connectivity index (χ4v) is 3.63. The van der Waals surface area contributed by atoms with Gasteiger partial charge in [0.05, 0.1) is 39.6 Å². The summed E-state index contributed by atoms with van der Waals surface area (Å²) in [6.45, 7) is 2.41. The van der Waals surface area contributed by atoms with Crippen LogP contribution in [-0.4, -0.2) is 62.1 Å². The molecule has 1 N–H and O–H groups in total. The van der Waals surface area contributed by atoms with Gasteiger partial charge in [0, 0.05) is 51.4 Å². The lowest BCUT2D eigenvalue weighted by Gasteiger charge is -2.23. The lowest BCUT2D eigenvalue weighted by molar-refractivity contribution is 0.367. The van der Waals surface area contributed by atoms with Crippen LogP contribution in [0.15, 0.2) is 29.5 Å². The Bertz CT molecular complexity index is 808. The maximum absolute atomic E-state index is 5.54. The van der Waals surface area contributed by atoms with Gasteiger partial charge < -0.3 is 24.4 Å². The summed E-state index contributed by atoms with van der Waals surface area (Å²) < 4.78 is 18.2. The molecule has 0 spiro atoms. The Morgan fingerprint density at radius 3 is 2.46 bits per heavy atom. The summed E-state index contributed by atoms with van der Waals surface area (Å²) in [7, 11) is 8.67. The number of benzene rings is 1. The van der Waals surface area contributed by atoms with Crippen LogP contribution in [-0.2, 0) is 13.6 Å². The Morgan fingerprint density at radius 1 is 1.21 bits per heavy atom. The molecule has 0 bridgehead atoms. The van der Waals surface area contributed by atoms with Crippen molar-refractivity contribution in [1.82, 2.24) is 20.0 Å². The Hall–Kier alpha value is -2.90. The number of rotatable bonds is 6. The van der Waals surface area contributed by atoms with E-state index < -0.39 is 0 Å². The standard InChI is InChI=1S/C20H29N5O3/c1-21-20(25-7-6-14(13-25)15-10-23-24(2)12-15)22-11-17-18(27-4)8-16(26-3)9-19(17)28-5/h8-10,12,14H,6-7,11,13H2,1-5H3,(H,21,22). The maximum Gasteiger partial charge on any atom is 0.193 e. The second-order valence-electron chi connectivity index (χ2n) is 6.79. The Kier molecular flexibility index (Phi) is 6.28. The zero-order valence-corrected chi connectivity index (χ0v) is 17.2. The molecule has 2 heterocycles. The number of nitrogens with zero attached hydrogens (tertiary/aromatic N) is 4. The van der Waals surface area contributed by atoms with Crippen LogP contribution in [0.5, 0.6) is 17.2 Å². The molecular weight excluding hydrogens is 358 g/mol. The smallest absolute Gasteiger partial charge is 0.193 e. The van der Waals surface area contributed by atoms with Gasteiger partial charge in [0.15, 0.2) is 5.96 Å². The fourth-order valence-electron chi connectivity index (χ4n) is 3.63. The first-order chi connectivity index (χ1) is 13.6. The van der Waals surface area contributed by atoms with E-state index in [-0.39, 0.29) is 0 Å². The zero-order valence-electron chi connectivity index (χ0n) is 17.2. The molecular formula is C20H29N5O3. The summed E-state index contributed by atoms with van der Waals surface area (Å²) in [6.07, 6.45) is 5.14. The molecule has 8 heteroatoms. The van der Waals surface area contributed by atoms with E-state index in [0.29, 0.717) is 29.7 Å². The van der Waals surface area contributed by atoms with Gasteiger partial charge in [-0.05, 0) is 12.0 Å². The highest BCUT2D eigenvalue weighted by Gasteiger charge is 2.27. The van der Waals surface area contributed by atoms with Crippen LogP contribution in [0.25, 0.3) is 0 Å². The predicted octanol–water partition coefficient (Wildman–Crippen LogP) is 2.01. The Labute approximate surface area is 166 Å². The number of aromatic nitrogens is 2. The summed E-state index contributed by atoms with van der Waals surface area (Å²) in [6, 6.07) is 3.72. The van der Waals surface area contributed by atoms with E-state index >= 15 is 0 Å². The quantitative estimate of drug-likeness (QED) is 0.604. The number of methoxy groups -OCH3 is 3. The minimum absolute atomic E-state index is 0.470. The van der Waals surface area contributed by atoms with E-state index in [1.54, 1.807) is 21.3 Å². The zero-order chi connectivity index (χ0) is 20.1. The number of hydrogen-bond acceptors (Lipinski definition) is 5. The van der Waals surface area contributed by atoms with Crippen LogP contribution in [0, 0.1) is 0 Å². The van der Waals surface area contributed by atoms with Crippen molar-refractivity contribution >= 4 is 5.96 Å². The first kappa shape index (κ1) is 19.9. The van der Waals surface area contributed by atoms with Crippen molar-refractivity contribution in [2.75, 3.05) is 41.5 Å². The average Bonchev–Trinajstić information content (AvgIpc) is 3.37. The summed E-state index contributed by atoms with van der Waals surface area (Å²) in [5, 5.41) is 7.74. The van der Waals surface area contributed by atoms with Crippen molar-refractivity contribution in [2.45, 2.75) is 18.9 Å². The van der Waals surface area contributed by atoms with E-state index in [2.05, 4.69) is 26.5 Å². The van der Waals surface area contributed by atoms with Crippen LogP contribution in [0.1, 0.15) is 23.5 Å². The predicted molar refractivity (Wildman–Crippen MR) is 108 cm³/mol. The molecule has 8 nitrogen and oxygen atoms in total. The lowest BCUT2D eigenvalue weighted by Crippen LogP contribution is -2.39. The first-order valence-electron chi connectivity index (χ1n) is 9.32. The highest BCUT2D eigenvalue weighted by atomic mass is 16.5. The third kappa shape index (κ3) is 4.16. The van der Waals surface area contributed by atoms with Gasteiger partial charge in [-0.25, -0.2) is 0 Å². The van der Waals surface area contributed by atoms with Gasteiger partial charge in [0.2, 0.25) is 0 Å². The van der Waals surface area contributed by atoms with E-state index in [1.807, 2.05) is 37.1 Å². The van der Waals surface area contributed by atoms with Crippen molar-refractivity contribution in [3.05, 3.63) is 35.7 Å². The van der Waals surface area contributed by atoms with E-state index in [1.165, 1.54) is 5.56 Å². The molecule has 1 aliphatic heterocycles. The van der Waals surface area contributed by atoms with Crippen molar-refractivity contribution in [2.24, 2.45) is 12.0 Å². The van der Waals surface area contributed by atoms with Gasteiger partial charge in [0.1, 0.15) is 17.2 Å². The maximum atomic E-state index is 5.54. The van der Waals surface area contributed by atoms with Crippen molar-refractivity contribution in [3.8, 4) is 17.2 Å². The number of guanidine groups is 1. The van der Waals surface area contributed by atoms with Crippen LogP contribution in [0.2, 0.25) is 0 Å². The fraction of sp³-hybridized carbons (Fsp3) is 0.500. The van der Waals surface area contributed by atoms with Crippen LogP contribution in [0.4, 0.5) is 0 Å². The molecule has 28 heavy (non-hydrogen) atoms. The summed E-state index contributed by atoms with van der Waals surface area (Å²) in [5.41, 5.74) is 2.20. The topological polar surface area (TPSA) is 73.1 Å². The molecule has 1 aromatic heterocycles. The molecule has 1 fully saturated rings. The molecule has 0 amide bonds. The first-order valence-corrected chi connectivity index (χ1v) is 9.32. The van der Waals surface area contributed by atoms with Gasteiger partial charge >= 0.3 is 0 Å². The number of aryl methyl sites for hydroxylation is 1. The number of likely N-dealkylation sites (tertiary alicyclic amines) is 1. The van der Waals surface area contributed by atoms with Gasteiger partial charge in [-0.1, -0.05) is 0 Å². The second-order valence-corrected chi connectivity index (χ2v) is 6.79. The summed E-state index contributed by atoms with van der Waals surface area (Å²) >= 11 is 0. The minimum atomic E-state index is 0.470. The number of ether oxygens (including phenoxy) is 3. The third-order valence-electron chi connectivity index (χ3n) is 5.14. The molecule has 1 aliphatic rings. The van der Waals surface area contributed by atoms with Crippen molar-refractivity contribution in [1.29, 1.82) is 0 Å². The van der Waals surface area contributed by atoms with Gasteiger partial charge in [-0.2, -0.15) is 5.10 Å². The van der Waals surface area contributed by atoms with Crippen LogP contribution < -0.4 is 19.5 Å². The summed E-state index contributed by atoms with van der Waals surface area (Å²) in [4.78, 5) is 6.75. The van der Waals surface area contributed by atoms with Gasteiger partial charge in [0.25, 0.3) is 0 Å². The van der Waals surface area contributed by atoms with Gasteiger partial charge in [-0.15, -0.1) is 0 Å². The second kappa shape index (κ2) is 8.86. The summed E-state index contributed by atoms with van der Waals surface area (Å²) in [5.74, 6) is 3.46. The van der Waals surface area contributed by atoms with Gasteiger partial charge in [-0.3, -0.25) is 9.67 Å². The lowest BCUT2D eigenvalue weighted by atomic mass is 10.0. The third-order valence-corrected chi connectivity index (χ3v) is 5.14. The molecule has 0 aliphatic carbocycles. The molecule has 0 saturated carbocycles. The van der Waals surface area contributed by atoms with Crippen molar-refractivity contribution < 1.29 is 14.2 Å². The van der Waals surface area contributed by atoms with E-state index in [4.69, 9.17) is 14.2 Å². The van der Waals surface area contributed by atoms with E-state index in [0.717, 1.165) is 31.0 Å². The monoisotopic (exact) mass is 387 g/mol.